The Morgan fingerprint density at radius 1 is 1.40 bits per heavy atom. The average molecular weight is 337 g/mol. The molecule has 1 amide bonds. The summed E-state index contributed by atoms with van der Waals surface area (Å²) < 4.78 is 5.48. The lowest BCUT2D eigenvalue weighted by atomic mass is 9.98. The van der Waals surface area contributed by atoms with E-state index < -0.39 is 0 Å². The van der Waals surface area contributed by atoms with Gasteiger partial charge in [0.15, 0.2) is 0 Å². The van der Waals surface area contributed by atoms with Crippen molar-refractivity contribution in [3.8, 4) is 0 Å². The van der Waals surface area contributed by atoms with Crippen LogP contribution in [0.2, 0.25) is 0 Å². The Morgan fingerprint density at radius 2 is 2.28 bits per heavy atom. The van der Waals surface area contributed by atoms with Crippen LogP contribution < -0.4 is 10.2 Å². The number of likely N-dealkylation sites (N-methyl/N-ethyl adjacent to an activating group) is 1. The Hall–Kier alpha value is -3.09. The predicted molar refractivity (Wildman–Crippen MR) is 92.6 cm³/mol. The molecule has 3 aromatic rings. The Kier molecular flexibility index (Phi) is 3.76. The lowest BCUT2D eigenvalue weighted by Crippen LogP contribution is -2.22. The van der Waals surface area contributed by atoms with Gasteiger partial charge in [-0.05, 0) is 42.8 Å². The molecule has 0 radical (unpaired) electrons. The molecule has 3 heterocycles. The first-order valence-electron chi connectivity index (χ1n) is 8.15. The van der Waals surface area contributed by atoms with E-state index in [2.05, 4.69) is 25.4 Å². The largest absolute Gasteiger partial charge is 0.465 e. The molecule has 128 valence electrons. The summed E-state index contributed by atoms with van der Waals surface area (Å²) in [5, 5.41) is 9.78. The fraction of sp³-hybridized carbons (Fsp3) is 0.278. The summed E-state index contributed by atoms with van der Waals surface area (Å²) in [6.07, 6.45) is 1.51. The number of fused-ring (bicyclic) bond motifs is 1. The maximum Gasteiger partial charge on any atom is 0.251 e. The van der Waals surface area contributed by atoms with Crippen molar-refractivity contribution in [2.45, 2.75) is 19.4 Å². The molecule has 1 aliphatic rings. The van der Waals surface area contributed by atoms with Crippen LogP contribution in [0.15, 0.2) is 41.1 Å². The molecule has 1 atom stereocenters. The average Bonchev–Trinajstić information content (AvgIpc) is 3.33. The highest BCUT2D eigenvalue weighted by Crippen LogP contribution is 2.38. The van der Waals surface area contributed by atoms with Gasteiger partial charge in [-0.25, -0.2) is 4.98 Å². The number of H-pyrrole nitrogens is 1. The van der Waals surface area contributed by atoms with E-state index in [1.54, 1.807) is 0 Å². The maximum absolute atomic E-state index is 12.5. The van der Waals surface area contributed by atoms with Crippen LogP contribution in [0.1, 0.15) is 39.2 Å². The molecule has 1 unspecified atom stereocenters. The summed E-state index contributed by atoms with van der Waals surface area (Å²) in [6, 6.07) is 9.52. The normalized spacial score (nSPS) is 16.1. The first kappa shape index (κ1) is 15.4. The zero-order valence-electron chi connectivity index (χ0n) is 14.1. The summed E-state index contributed by atoms with van der Waals surface area (Å²) in [5.41, 5.74) is 2.82. The molecule has 1 aromatic carbocycles. The Labute approximate surface area is 145 Å². The van der Waals surface area contributed by atoms with Crippen LogP contribution in [0.25, 0.3) is 0 Å². The van der Waals surface area contributed by atoms with E-state index >= 15 is 0 Å². The number of aryl methyl sites for hydroxylation is 1. The van der Waals surface area contributed by atoms with Gasteiger partial charge in [-0.15, -0.1) is 0 Å². The summed E-state index contributed by atoms with van der Waals surface area (Å²) in [6.45, 7) is 3.06. The molecule has 0 bridgehead atoms. The minimum atomic E-state index is -0.122. The van der Waals surface area contributed by atoms with Gasteiger partial charge in [0.05, 0.1) is 12.5 Å². The van der Waals surface area contributed by atoms with Gasteiger partial charge in [0.2, 0.25) is 0 Å². The van der Waals surface area contributed by atoms with Crippen molar-refractivity contribution in [2.24, 2.45) is 0 Å². The second-order valence-corrected chi connectivity index (χ2v) is 6.27. The molecule has 7 heteroatoms. The highest BCUT2D eigenvalue weighted by Gasteiger charge is 2.30. The highest BCUT2D eigenvalue weighted by atomic mass is 16.3. The first-order valence-corrected chi connectivity index (χ1v) is 8.15. The summed E-state index contributed by atoms with van der Waals surface area (Å²) >= 11 is 0. The number of aromatic nitrogens is 3. The van der Waals surface area contributed by atoms with Gasteiger partial charge in [0.1, 0.15) is 23.7 Å². The number of benzene rings is 1. The smallest absolute Gasteiger partial charge is 0.251 e. The van der Waals surface area contributed by atoms with Crippen LogP contribution in [0.4, 0.5) is 5.69 Å². The zero-order valence-corrected chi connectivity index (χ0v) is 14.1. The SMILES string of the molecule is Cc1ccc(CNC(=O)c2ccc3c(c2)C(c2ncn[nH]2)CN3C)o1. The minimum absolute atomic E-state index is 0.0861. The molecule has 1 aliphatic heterocycles. The molecule has 0 aliphatic carbocycles. The Morgan fingerprint density at radius 3 is 3.00 bits per heavy atom. The van der Waals surface area contributed by atoms with Crippen molar-refractivity contribution >= 4 is 11.6 Å². The topological polar surface area (TPSA) is 87.0 Å². The molecule has 25 heavy (non-hydrogen) atoms. The van der Waals surface area contributed by atoms with Gasteiger partial charge in [0.25, 0.3) is 5.91 Å². The van der Waals surface area contributed by atoms with Crippen LogP contribution in [0.3, 0.4) is 0 Å². The second-order valence-electron chi connectivity index (χ2n) is 6.27. The van der Waals surface area contributed by atoms with E-state index in [1.165, 1.54) is 6.33 Å². The fourth-order valence-electron chi connectivity index (χ4n) is 3.26. The molecular weight excluding hydrogens is 318 g/mol. The van der Waals surface area contributed by atoms with E-state index in [9.17, 15) is 4.79 Å². The molecule has 7 nitrogen and oxygen atoms in total. The van der Waals surface area contributed by atoms with Gasteiger partial charge >= 0.3 is 0 Å². The number of aromatic amines is 1. The maximum atomic E-state index is 12.5. The lowest BCUT2D eigenvalue weighted by Gasteiger charge is -2.12. The number of furan rings is 1. The number of amides is 1. The van der Waals surface area contributed by atoms with Crippen molar-refractivity contribution in [3.05, 3.63) is 65.1 Å². The first-order chi connectivity index (χ1) is 12.1. The third-order valence-corrected chi connectivity index (χ3v) is 4.52. The van der Waals surface area contributed by atoms with Crippen molar-refractivity contribution in [1.29, 1.82) is 0 Å². The van der Waals surface area contributed by atoms with Gasteiger partial charge in [-0.1, -0.05) is 0 Å². The summed E-state index contributed by atoms with van der Waals surface area (Å²) in [5.74, 6) is 2.35. The number of hydrogen-bond donors (Lipinski definition) is 2. The van der Waals surface area contributed by atoms with E-state index in [0.29, 0.717) is 12.1 Å². The summed E-state index contributed by atoms with van der Waals surface area (Å²) in [4.78, 5) is 18.9. The number of carbonyl (C=O) groups is 1. The number of carbonyl (C=O) groups excluding carboxylic acids is 1. The number of anilines is 1. The van der Waals surface area contributed by atoms with Crippen LogP contribution in [0.5, 0.6) is 0 Å². The second kappa shape index (κ2) is 6.08. The number of hydrogen-bond acceptors (Lipinski definition) is 5. The molecule has 0 saturated carbocycles. The lowest BCUT2D eigenvalue weighted by molar-refractivity contribution is 0.0948. The van der Waals surface area contributed by atoms with Crippen molar-refractivity contribution < 1.29 is 9.21 Å². The Bertz CT molecular complexity index is 900. The quantitative estimate of drug-likeness (QED) is 0.762. The molecule has 0 fully saturated rings. The highest BCUT2D eigenvalue weighted by molar-refractivity contribution is 5.95. The molecule has 4 rings (SSSR count). The van der Waals surface area contributed by atoms with Crippen molar-refractivity contribution in [1.82, 2.24) is 20.5 Å². The fourth-order valence-corrected chi connectivity index (χ4v) is 3.26. The standard InChI is InChI=1S/C18H19N5O2/c1-11-3-5-13(25-11)8-19-18(24)12-4-6-16-14(7-12)15(9-23(16)2)17-20-10-21-22-17/h3-7,10,15H,8-9H2,1-2H3,(H,19,24)(H,20,21,22). The molecule has 2 N–H and O–H groups in total. The number of rotatable bonds is 4. The minimum Gasteiger partial charge on any atom is -0.465 e. The number of nitrogens with zero attached hydrogens (tertiary/aromatic N) is 3. The van der Waals surface area contributed by atoms with Crippen LogP contribution in [-0.2, 0) is 6.54 Å². The van der Waals surface area contributed by atoms with Gasteiger partial charge in [-0.2, -0.15) is 5.10 Å². The van der Waals surface area contributed by atoms with Crippen molar-refractivity contribution in [2.75, 3.05) is 18.5 Å². The molecule has 0 spiro atoms. The molecule has 2 aromatic heterocycles. The monoisotopic (exact) mass is 337 g/mol. The van der Waals surface area contributed by atoms with Gasteiger partial charge < -0.3 is 14.6 Å². The number of nitrogens with one attached hydrogen (secondary N) is 2. The van der Waals surface area contributed by atoms with E-state index in [1.807, 2.05) is 44.3 Å². The van der Waals surface area contributed by atoms with Crippen LogP contribution in [-0.4, -0.2) is 34.7 Å². The third kappa shape index (κ3) is 2.88. The van der Waals surface area contributed by atoms with E-state index in [0.717, 1.165) is 35.1 Å². The van der Waals surface area contributed by atoms with Crippen molar-refractivity contribution in [3.63, 3.8) is 0 Å². The molecular formula is C18H19N5O2. The van der Waals surface area contributed by atoms with E-state index in [4.69, 9.17) is 4.42 Å². The Balaban J connectivity index is 1.55. The zero-order chi connectivity index (χ0) is 17.4. The van der Waals surface area contributed by atoms with Gasteiger partial charge in [0, 0.05) is 24.8 Å². The third-order valence-electron chi connectivity index (χ3n) is 4.52. The van der Waals surface area contributed by atoms with Gasteiger partial charge in [-0.3, -0.25) is 9.89 Å². The van der Waals surface area contributed by atoms with Crippen LogP contribution >= 0.6 is 0 Å². The van der Waals surface area contributed by atoms with E-state index in [-0.39, 0.29) is 11.8 Å². The summed E-state index contributed by atoms with van der Waals surface area (Å²) in [7, 11) is 2.04. The molecule has 0 saturated heterocycles. The predicted octanol–water partition coefficient (Wildman–Crippen LogP) is 2.22. The van der Waals surface area contributed by atoms with Crippen LogP contribution in [0, 0.1) is 6.92 Å².